The summed E-state index contributed by atoms with van der Waals surface area (Å²) >= 11 is 1.73. The van der Waals surface area contributed by atoms with Gasteiger partial charge in [-0.1, -0.05) is 12.1 Å². The molecule has 1 aromatic heterocycles. The molecule has 2 aromatic rings. The van der Waals surface area contributed by atoms with Crippen molar-refractivity contribution in [1.82, 2.24) is 15.6 Å². The van der Waals surface area contributed by atoms with Gasteiger partial charge in [-0.25, -0.2) is 9.37 Å². The number of nitrogens with zero attached hydrogens (tertiary/aromatic N) is 2. The topological polar surface area (TPSA) is 49.3 Å². The van der Waals surface area contributed by atoms with Crippen LogP contribution in [-0.4, -0.2) is 30.6 Å². The molecule has 4 nitrogen and oxygen atoms in total. The third kappa shape index (κ3) is 4.78. The quantitative estimate of drug-likeness (QED) is 0.588. The Morgan fingerprint density at radius 2 is 2.20 bits per heavy atom. The average molecular weight is 361 g/mol. The molecular weight excluding hydrogens is 335 g/mol. The van der Waals surface area contributed by atoms with Crippen molar-refractivity contribution in [2.75, 3.05) is 19.6 Å². The fraction of sp³-hybridized carbons (Fsp3) is 0.474. The summed E-state index contributed by atoms with van der Waals surface area (Å²) in [6.07, 6.45) is 4.93. The number of hydrogen-bond acceptors (Lipinski definition) is 3. The monoisotopic (exact) mass is 360 g/mol. The Morgan fingerprint density at radius 1 is 1.36 bits per heavy atom. The van der Waals surface area contributed by atoms with Gasteiger partial charge in [0.25, 0.3) is 0 Å². The number of rotatable bonds is 7. The van der Waals surface area contributed by atoms with Crippen molar-refractivity contribution >= 4 is 17.3 Å². The van der Waals surface area contributed by atoms with Crippen LogP contribution in [0.1, 0.15) is 35.2 Å². The minimum absolute atomic E-state index is 0.0108. The molecule has 0 saturated heterocycles. The van der Waals surface area contributed by atoms with Crippen LogP contribution >= 0.6 is 11.3 Å². The maximum absolute atomic E-state index is 13.5. The first-order valence-electron chi connectivity index (χ1n) is 8.81. The van der Waals surface area contributed by atoms with Crippen LogP contribution < -0.4 is 10.6 Å². The number of aliphatic imine (C=N–C) groups is 1. The number of aryl methyl sites for hydroxylation is 1. The van der Waals surface area contributed by atoms with E-state index in [-0.39, 0.29) is 11.2 Å². The second kappa shape index (κ2) is 7.95. The second-order valence-electron chi connectivity index (χ2n) is 6.53. The lowest BCUT2D eigenvalue weighted by Crippen LogP contribution is -2.39. The summed E-state index contributed by atoms with van der Waals surface area (Å²) in [5.41, 5.74) is 1.07. The fourth-order valence-electron chi connectivity index (χ4n) is 2.88. The van der Waals surface area contributed by atoms with E-state index in [2.05, 4.69) is 29.5 Å². The molecule has 1 aliphatic carbocycles. The lowest BCUT2D eigenvalue weighted by atomic mass is 9.96. The number of nitrogens with one attached hydrogen (secondary N) is 2. The molecule has 1 aromatic carbocycles. The minimum Gasteiger partial charge on any atom is -0.357 e. The van der Waals surface area contributed by atoms with E-state index in [4.69, 9.17) is 4.99 Å². The molecule has 1 aliphatic rings. The zero-order valence-electron chi connectivity index (χ0n) is 14.8. The summed E-state index contributed by atoms with van der Waals surface area (Å²) in [6, 6.07) is 6.94. The van der Waals surface area contributed by atoms with Gasteiger partial charge in [0, 0.05) is 36.0 Å². The van der Waals surface area contributed by atoms with Gasteiger partial charge in [-0.05, 0) is 44.4 Å². The summed E-state index contributed by atoms with van der Waals surface area (Å²) < 4.78 is 13.5. The second-order valence-corrected chi connectivity index (χ2v) is 7.85. The van der Waals surface area contributed by atoms with Gasteiger partial charge in [0.15, 0.2) is 5.96 Å². The largest absolute Gasteiger partial charge is 0.357 e. The van der Waals surface area contributed by atoms with Gasteiger partial charge >= 0.3 is 0 Å². The standard InChI is InChI=1S/C19H25FN4S/c1-3-21-18(22-10-7-17-23-12-14(2)25-17)24-13-19(8-9-19)15-5-4-6-16(20)11-15/h4-6,11-12H,3,7-10,13H2,1-2H3,(H2,21,22,24). The lowest BCUT2D eigenvalue weighted by Gasteiger charge is -2.16. The minimum atomic E-state index is -0.170. The summed E-state index contributed by atoms with van der Waals surface area (Å²) in [6.45, 7) is 6.42. The van der Waals surface area contributed by atoms with E-state index in [9.17, 15) is 4.39 Å². The number of guanidine groups is 1. The Kier molecular flexibility index (Phi) is 5.68. The molecule has 1 fully saturated rings. The normalized spacial score (nSPS) is 15.9. The van der Waals surface area contributed by atoms with Gasteiger partial charge in [-0.3, -0.25) is 4.99 Å². The molecule has 0 atom stereocenters. The number of benzene rings is 1. The molecular formula is C19H25FN4S. The SMILES string of the molecule is CCNC(=NCC1(c2cccc(F)c2)CC1)NCCc1ncc(C)s1. The Labute approximate surface area is 152 Å². The van der Waals surface area contributed by atoms with E-state index >= 15 is 0 Å². The van der Waals surface area contributed by atoms with Crippen LogP contribution in [0.5, 0.6) is 0 Å². The van der Waals surface area contributed by atoms with Crippen LogP contribution in [0.25, 0.3) is 0 Å². The van der Waals surface area contributed by atoms with Crippen molar-refractivity contribution in [1.29, 1.82) is 0 Å². The molecule has 2 N–H and O–H groups in total. The highest BCUT2D eigenvalue weighted by Gasteiger charge is 2.44. The van der Waals surface area contributed by atoms with Gasteiger partial charge in [0.05, 0.1) is 11.6 Å². The highest BCUT2D eigenvalue weighted by atomic mass is 32.1. The Bertz CT molecular complexity index is 737. The molecule has 0 unspecified atom stereocenters. The molecule has 1 heterocycles. The van der Waals surface area contributed by atoms with E-state index in [1.807, 2.05) is 12.3 Å². The Morgan fingerprint density at radius 3 is 2.84 bits per heavy atom. The summed E-state index contributed by atoms with van der Waals surface area (Å²) in [7, 11) is 0. The molecule has 6 heteroatoms. The van der Waals surface area contributed by atoms with Gasteiger partial charge in [-0.2, -0.15) is 0 Å². The maximum Gasteiger partial charge on any atom is 0.191 e. The molecule has 0 spiro atoms. The van der Waals surface area contributed by atoms with Crippen LogP contribution in [0.4, 0.5) is 4.39 Å². The molecule has 0 bridgehead atoms. The van der Waals surface area contributed by atoms with Crippen LogP contribution in [0.15, 0.2) is 35.5 Å². The van der Waals surface area contributed by atoms with Crippen molar-refractivity contribution in [2.24, 2.45) is 4.99 Å². The molecule has 134 valence electrons. The van der Waals surface area contributed by atoms with E-state index in [0.29, 0.717) is 6.54 Å². The molecule has 0 radical (unpaired) electrons. The summed E-state index contributed by atoms with van der Waals surface area (Å²) in [5.74, 6) is 0.648. The highest BCUT2D eigenvalue weighted by molar-refractivity contribution is 7.11. The number of hydrogen-bond donors (Lipinski definition) is 2. The fourth-order valence-corrected chi connectivity index (χ4v) is 3.67. The first-order valence-corrected chi connectivity index (χ1v) is 9.62. The smallest absolute Gasteiger partial charge is 0.191 e. The van der Waals surface area contributed by atoms with Gasteiger partial charge < -0.3 is 10.6 Å². The molecule has 1 saturated carbocycles. The van der Waals surface area contributed by atoms with Crippen LogP contribution in [0, 0.1) is 12.7 Å². The van der Waals surface area contributed by atoms with Crippen molar-refractivity contribution < 1.29 is 4.39 Å². The van der Waals surface area contributed by atoms with E-state index in [0.717, 1.165) is 48.9 Å². The van der Waals surface area contributed by atoms with Gasteiger partial charge in [-0.15, -0.1) is 11.3 Å². The molecule has 0 amide bonds. The van der Waals surface area contributed by atoms with Crippen molar-refractivity contribution in [3.05, 3.63) is 51.7 Å². The average Bonchev–Trinajstić information content (AvgIpc) is 3.28. The third-order valence-corrected chi connectivity index (χ3v) is 5.45. The lowest BCUT2D eigenvalue weighted by molar-refractivity contribution is 0.615. The van der Waals surface area contributed by atoms with E-state index < -0.39 is 0 Å². The molecule has 25 heavy (non-hydrogen) atoms. The maximum atomic E-state index is 13.5. The van der Waals surface area contributed by atoms with Crippen LogP contribution in [-0.2, 0) is 11.8 Å². The Hall–Kier alpha value is -1.95. The summed E-state index contributed by atoms with van der Waals surface area (Å²) in [4.78, 5) is 10.4. The van der Waals surface area contributed by atoms with E-state index in [1.54, 1.807) is 23.5 Å². The number of aromatic nitrogens is 1. The highest BCUT2D eigenvalue weighted by Crippen LogP contribution is 2.48. The van der Waals surface area contributed by atoms with Crippen LogP contribution in [0.2, 0.25) is 0 Å². The predicted molar refractivity (Wildman–Crippen MR) is 102 cm³/mol. The van der Waals surface area contributed by atoms with Gasteiger partial charge in [0.1, 0.15) is 5.82 Å². The predicted octanol–water partition coefficient (Wildman–Crippen LogP) is 3.42. The van der Waals surface area contributed by atoms with Crippen molar-refractivity contribution in [3.63, 3.8) is 0 Å². The number of thiazole rings is 1. The van der Waals surface area contributed by atoms with Crippen molar-refractivity contribution in [2.45, 2.75) is 38.5 Å². The Balaban J connectivity index is 1.58. The van der Waals surface area contributed by atoms with Gasteiger partial charge in [0.2, 0.25) is 0 Å². The third-order valence-electron chi connectivity index (χ3n) is 4.48. The first-order chi connectivity index (χ1) is 12.1. The summed E-state index contributed by atoms with van der Waals surface area (Å²) in [5, 5.41) is 7.80. The first kappa shape index (κ1) is 17.9. The zero-order valence-corrected chi connectivity index (χ0v) is 15.6. The number of halogens is 1. The van der Waals surface area contributed by atoms with Crippen molar-refractivity contribution in [3.8, 4) is 0 Å². The van der Waals surface area contributed by atoms with E-state index in [1.165, 1.54) is 10.9 Å². The van der Waals surface area contributed by atoms with Crippen LogP contribution in [0.3, 0.4) is 0 Å². The molecule has 3 rings (SSSR count). The molecule has 0 aliphatic heterocycles. The zero-order chi connectivity index (χ0) is 17.7.